The summed E-state index contributed by atoms with van der Waals surface area (Å²) >= 11 is 0. The van der Waals surface area contributed by atoms with Crippen LogP contribution in [0.4, 0.5) is 0 Å². The molecule has 2 N–H and O–H groups in total. The van der Waals surface area contributed by atoms with Gasteiger partial charge >= 0.3 is 5.97 Å². The molecule has 0 saturated carbocycles. The lowest BCUT2D eigenvalue weighted by Gasteiger charge is -2.23. The van der Waals surface area contributed by atoms with Crippen LogP contribution in [0.1, 0.15) is 37.0 Å². The molecule has 0 saturated heterocycles. The minimum Gasteiger partial charge on any atom is -0.480 e. The highest BCUT2D eigenvalue weighted by atomic mass is 16.4. The van der Waals surface area contributed by atoms with Crippen molar-refractivity contribution in [1.82, 2.24) is 15.1 Å². The van der Waals surface area contributed by atoms with E-state index < -0.39 is 5.97 Å². The molecule has 6 nitrogen and oxygen atoms in total. The van der Waals surface area contributed by atoms with E-state index in [0.717, 1.165) is 12.1 Å². The second-order valence-electron chi connectivity index (χ2n) is 4.05. The molecule has 1 amide bonds. The summed E-state index contributed by atoms with van der Waals surface area (Å²) in [6.45, 7) is 5.17. The topological polar surface area (TPSA) is 86.3 Å². The lowest BCUT2D eigenvalue weighted by Crippen LogP contribution is -2.40. The first kappa shape index (κ1) is 13.2. The Morgan fingerprint density at radius 3 is 2.59 bits per heavy atom. The van der Waals surface area contributed by atoms with Gasteiger partial charge in [0.1, 0.15) is 12.2 Å². The average molecular weight is 239 g/mol. The van der Waals surface area contributed by atoms with E-state index in [1.165, 1.54) is 4.90 Å². The summed E-state index contributed by atoms with van der Waals surface area (Å²) in [5.74, 6) is -1.39. The molecule has 6 heteroatoms. The number of aryl methyl sites for hydroxylation is 1. The van der Waals surface area contributed by atoms with Crippen LogP contribution in [0, 0.1) is 0 Å². The third-order valence-corrected chi connectivity index (χ3v) is 2.42. The normalized spacial score (nSPS) is 10.6. The summed E-state index contributed by atoms with van der Waals surface area (Å²) in [7, 11) is 0. The number of hydrogen-bond donors (Lipinski definition) is 2. The van der Waals surface area contributed by atoms with Crippen LogP contribution in [0.3, 0.4) is 0 Å². The molecule has 0 radical (unpaired) electrons. The molecule has 1 aromatic heterocycles. The third-order valence-electron chi connectivity index (χ3n) is 2.42. The van der Waals surface area contributed by atoms with E-state index >= 15 is 0 Å². The predicted molar refractivity (Wildman–Crippen MR) is 61.8 cm³/mol. The zero-order chi connectivity index (χ0) is 13.0. The molecule has 0 spiro atoms. The van der Waals surface area contributed by atoms with Crippen molar-refractivity contribution in [2.75, 3.05) is 6.54 Å². The standard InChI is InChI=1S/C11H17N3O3/c1-4-8-5-9(13-12-8)11(17)14(7(2)3)6-10(15)16/h5,7H,4,6H2,1-3H3,(H,12,13)(H,15,16). The van der Waals surface area contributed by atoms with E-state index in [9.17, 15) is 9.59 Å². The fraction of sp³-hybridized carbons (Fsp3) is 0.545. The van der Waals surface area contributed by atoms with Crippen molar-refractivity contribution in [3.63, 3.8) is 0 Å². The van der Waals surface area contributed by atoms with Crippen molar-refractivity contribution in [1.29, 1.82) is 0 Å². The zero-order valence-corrected chi connectivity index (χ0v) is 10.2. The van der Waals surface area contributed by atoms with Gasteiger partial charge < -0.3 is 10.0 Å². The fourth-order valence-corrected chi connectivity index (χ4v) is 1.43. The number of H-pyrrole nitrogens is 1. The van der Waals surface area contributed by atoms with Crippen LogP contribution in [0.15, 0.2) is 6.07 Å². The number of aliphatic carboxylic acids is 1. The van der Waals surface area contributed by atoms with Crippen molar-refractivity contribution >= 4 is 11.9 Å². The fourth-order valence-electron chi connectivity index (χ4n) is 1.43. The Morgan fingerprint density at radius 2 is 2.18 bits per heavy atom. The second-order valence-corrected chi connectivity index (χ2v) is 4.05. The number of carboxylic acid groups (broad SMARTS) is 1. The largest absolute Gasteiger partial charge is 0.480 e. The number of nitrogens with one attached hydrogen (secondary N) is 1. The number of amides is 1. The molecule has 0 unspecified atom stereocenters. The Hall–Kier alpha value is -1.85. The van der Waals surface area contributed by atoms with Crippen LogP contribution >= 0.6 is 0 Å². The molecule has 1 heterocycles. The van der Waals surface area contributed by atoms with E-state index in [0.29, 0.717) is 0 Å². The van der Waals surface area contributed by atoms with Gasteiger partial charge in [0.05, 0.1) is 0 Å². The number of aromatic nitrogens is 2. The minimum absolute atomic E-state index is 0.180. The molecule has 0 aliphatic heterocycles. The molecule has 1 rings (SSSR count). The maximum atomic E-state index is 12.0. The number of nitrogens with zero attached hydrogens (tertiary/aromatic N) is 2. The lowest BCUT2D eigenvalue weighted by molar-refractivity contribution is -0.138. The summed E-state index contributed by atoms with van der Waals surface area (Å²) in [5, 5.41) is 15.4. The summed E-state index contributed by atoms with van der Waals surface area (Å²) in [6.07, 6.45) is 0.751. The molecule has 17 heavy (non-hydrogen) atoms. The van der Waals surface area contributed by atoms with E-state index in [2.05, 4.69) is 10.2 Å². The Balaban J connectivity index is 2.87. The third kappa shape index (κ3) is 3.30. The summed E-state index contributed by atoms with van der Waals surface area (Å²) < 4.78 is 0. The molecule has 94 valence electrons. The summed E-state index contributed by atoms with van der Waals surface area (Å²) in [6, 6.07) is 1.47. The first-order valence-corrected chi connectivity index (χ1v) is 5.52. The van der Waals surface area contributed by atoms with E-state index in [-0.39, 0.29) is 24.2 Å². The van der Waals surface area contributed by atoms with Gasteiger partial charge in [-0.2, -0.15) is 5.10 Å². The van der Waals surface area contributed by atoms with Gasteiger partial charge in [-0.1, -0.05) is 6.92 Å². The molecule has 0 bridgehead atoms. The van der Waals surface area contributed by atoms with Gasteiger partial charge in [0.2, 0.25) is 0 Å². The second kappa shape index (κ2) is 5.47. The van der Waals surface area contributed by atoms with Gasteiger partial charge in [0.25, 0.3) is 5.91 Å². The van der Waals surface area contributed by atoms with Gasteiger partial charge in [-0.05, 0) is 26.3 Å². The van der Waals surface area contributed by atoms with Crippen LogP contribution in [-0.4, -0.2) is 44.7 Å². The Labute approximate surface area is 99.6 Å². The Kier molecular flexibility index (Phi) is 4.25. The first-order chi connectivity index (χ1) is 7.95. The molecular formula is C11H17N3O3. The van der Waals surface area contributed by atoms with E-state index in [1.807, 2.05) is 6.92 Å². The highest BCUT2D eigenvalue weighted by Gasteiger charge is 2.23. The van der Waals surface area contributed by atoms with Crippen molar-refractivity contribution in [2.24, 2.45) is 0 Å². The van der Waals surface area contributed by atoms with E-state index in [4.69, 9.17) is 5.11 Å². The molecule has 0 aliphatic rings. The van der Waals surface area contributed by atoms with Crippen molar-refractivity contribution in [3.05, 3.63) is 17.5 Å². The maximum Gasteiger partial charge on any atom is 0.323 e. The molecule has 0 aliphatic carbocycles. The predicted octanol–water partition coefficient (Wildman–Crippen LogP) is 0.907. The SMILES string of the molecule is CCc1cc(C(=O)N(CC(=O)O)C(C)C)n[nH]1. The van der Waals surface area contributed by atoms with Crippen molar-refractivity contribution in [3.8, 4) is 0 Å². The zero-order valence-electron chi connectivity index (χ0n) is 10.2. The van der Waals surface area contributed by atoms with Crippen LogP contribution < -0.4 is 0 Å². The highest BCUT2D eigenvalue weighted by Crippen LogP contribution is 2.08. The molecule has 1 aromatic rings. The molecular weight excluding hydrogens is 222 g/mol. The number of carbonyl (C=O) groups is 2. The average Bonchev–Trinajstić information content (AvgIpc) is 2.72. The first-order valence-electron chi connectivity index (χ1n) is 5.52. The van der Waals surface area contributed by atoms with Gasteiger partial charge in [-0.3, -0.25) is 14.7 Å². The smallest absolute Gasteiger partial charge is 0.323 e. The van der Waals surface area contributed by atoms with Gasteiger partial charge in [0.15, 0.2) is 0 Å². The van der Waals surface area contributed by atoms with Crippen LogP contribution in [-0.2, 0) is 11.2 Å². The van der Waals surface area contributed by atoms with Crippen LogP contribution in [0.2, 0.25) is 0 Å². The van der Waals surface area contributed by atoms with Crippen LogP contribution in [0.5, 0.6) is 0 Å². The molecule has 0 fully saturated rings. The Bertz CT molecular complexity index is 412. The highest BCUT2D eigenvalue weighted by molar-refractivity contribution is 5.94. The van der Waals surface area contributed by atoms with Crippen molar-refractivity contribution < 1.29 is 14.7 Å². The van der Waals surface area contributed by atoms with Gasteiger partial charge in [-0.15, -0.1) is 0 Å². The van der Waals surface area contributed by atoms with Crippen molar-refractivity contribution in [2.45, 2.75) is 33.2 Å². The lowest BCUT2D eigenvalue weighted by atomic mass is 10.2. The molecule has 0 aromatic carbocycles. The minimum atomic E-state index is -1.03. The van der Waals surface area contributed by atoms with Gasteiger partial charge in [0, 0.05) is 11.7 Å². The molecule has 0 atom stereocenters. The summed E-state index contributed by atoms with van der Waals surface area (Å²) in [4.78, 5) is 24.0. The quantitative estimate of drug-likeness (QED) is 0.799. The van der Waals surface area contributed by atoms with E-state index in [1.54, 1.807) is 19.9 Å². The number of rotatable bonds is 5. The summed E-state index contributed by atoms with van der Waals surface area (Å²) in [5.41, 5.74) is 1.11. The number of carbonyl (C=O) groups excluding carboxylic acids is 1. The number of hydrogen-bond acceptors (Lipinski definition) is 3. The monoisotopic (exact) mass is 239 g/mol. The van der Waals surface area contributed by atoms with Gasteiger partial charge in [-0.25, -0.2) is 0 Å². The maximum absolute atomic E-state index is 12.0. The number of aromatic amines is 1. The van der Waals surface area contributed by atoms with Crippen LogP contribution in [0.25, 0.3) is 0 Å². The number of carboxylic acids is 1. The Morgan fingerprint density at radius 1 is 1.53 bits per heavy atom.